The maximum Gasteiger partial charge on any atom is 0.274 e. The van der Waals surface area contributed by atoms with Crippen molar-refractivity contribution >= 4 is 17.7 Å². The van der Waals surface area contributed by atoms with Crippen LogP contribution in [0, 0.1) is 0 Å². The number of ether oxygens (including phenoxy) is 1. The van der Waals surface area contributed by atoms with Crippen molar-refractivity contribution in [2.75, 3.05) is 31.7 Å². The number of benzene rings is 1. The van der Waals surface area contributed by atoms with Crippen molar-refractivity contribution in [1.29, 1.82) is 0 Å². The zero-order chi connectivity index (χ0) is 20.2. The van der Waals surface area contributed by atoms with Crippen LogP contribution in [0.4, 0.5) is 0 Å². The van der Waals surface area contributed by atoms with Gasteiger partial charge in [0.25, 0.3) is 5.91 Å². The molecule has 0 spiro atoms. The van der Waals surface area contributed by atoms with Crippen molar-refractivity contribution in [3.05, 3.63) is 46.8 Å². The molecule has 156 valence electrons. The van der Waals surface area contributed by atoms with Crippen molar-refractivity contribution in [2.24, 2.45) is 0 Å². The van der Waals surface area contributed by atoms with Crippen LogP contribution in [0.1, 0.15) is 40.7 Å². The lowest BCUT2D eigenvalue weighted by molar-refractivity contribution is 0.0764. The van der Waals surface area contributed by atoms with Crippen LogP contribution < -0.4 is 10.1 Å². The molecule has 29 heavy (non-hydrogen) atoms. The Morgan fingerprint density at radius 1 is 1.28 bits per heavy atom. The number of nitrogens with zero attached hydrogens (tertiary/aromatic N) is 3. The summed E-state index contributed by atoms with van der Waals surface area (Å²) in [4.78, 5) is 15.1. The van der Waals surface area contributed by atoms with E-state index in [9.17, 15) is 4.79 Å². The molecular weight excluding hydrogens is 384 g/mol. The quantitative estimate of drug-likeness (QED) is 0.788. The summed E-state index contributed by atoms with van der Waals surface area (Å²) in [5.74, 6) is 3.04. The molecule has 0 bridgehead atoms. The molecule has 6 nitrogen and oxygen atoms in total. The third kappa shape index (κ3) is 4.46. The van der Waals surface area contributed by atoms with E-state index in [1.165, 1.54) is 11.3 Å². The van der Waals surface area contributed by atoms with E-state index in [2.05, 4.69) is 24.4 Å². The molecule has 1 unspecified atom stereocenters. The number of carbonyl (C=O) groups excluding carboxylic acids is 1. The molecule has 1 atom stereocenters. The van der Waals surface area contributed by atoms with E-state index in [4.69, 9.17) is 9.84 Å². The second-order valence-electron chi connectivity index (χ2n) is 7.66. The molecule has 7 heteroatoms. The summed E-state index contributed by atoms with van der Waals surface area (Å²) < 4.78 is 7.28. The fraction of sp³-hybridized carbons (Fsp3) is 0.545. The van der Waals surface area contributed by atoms with Crippen molar-refractivity contribution in [1.82, 2.24) is 20.0 Å². The van der Waals surface area contributed by atoms with Gasteiger partial charge in [-0.1, -0.05) is 12.1 Å². The number of methoxy groups -OCH3 is 1. The predicted octanol–water partition coefficient (Wildman–Crippen LogP) is 2.75. The number of hydrogen-bond donors (Lipinski definition) is 1. The van der Waals surface area contributed by atoms with Gasteiger partial charge in [-0.15, -0.1) is 0 Å². The Bertz CT molecular complexity index is 843. The summed E-state index contributed by atoms with van der Waals surface area (Å²) in [5, 5.41) is 8.42. The smallest absolute Gasteiger partial charge is 0.274 e. The highest BCUT2D eigenvalue weighted by atomic mass is 32.2. The summed E-state index contributed by atoms with van der Waals surface area (Å²) in [6.45, 7) is 5.40. The number of aryl methyl sites for hydroxylation is 1. The van der Waals surface area contributed by atoms with Crippen molar-refractivity contribution in [3.8, 4) is 5.75 Å². The van der Waals surface area contributed by atoms with E-state index >= 15 is 0 Å². The Morgan fingerprint density at radius 3 is 2.72 bits per heavy atom. The average molecular weight is 415 g/mol. The maximum absolute atomic E-state index is 13.2. The zero-order valence-corrected chi connectivity index (χ0v) is 18.1. The van der Waals surface area contributed by atoms with Crippen LogP contribution in [-0.2, 0) is 25.9 Å². The van der Waals surface area contributed by atoms with Crippen LogP contribution in [0.3, 0.4) is 0 Å². The summed E-state index contributed by atoms with van der Waals surface area (Å²) >= 11 is 1.92. The molecule has 1 aliphatic carbocycles. The fourth-order valence-electron chi connectivity index (χ4n) is 4.22. The standard InChI is InChI=1S/C22H30N4O2S/c1-3-26-20-9-6-17(23-15-16-4-7-18(28-2)8-5-16)14-19(20)21(24-26)22(27)25-10-12-29-13-11-25/h4-5,7-8,17,23H,3,6,9-15H2,1-2H3. The topological polar surface area (TPSA) is 59.4 Å². The van der Waals surface area contributed by atoms with E-state index in [-0.39, 0.29) is 5.91 Å². The van der Waals surface area contributed by atoms with Crippen LogP contribution in [0.5, 0.6) is 5.75 Å². The minimum Gasteiger partial charge on any atom is -0.497 e. The number of amides is 1. The number of fused-ring (bicyclic) bond motifs is 1. The van der Waals surface area contributed by atoms with Gasteiger partial charge in [0.05, 0.1) is 7.11 Å². The summed E-state index contributed by atoms with van der Waals surface area (Å²) in [5.41, 5.74) is 4.34. The summed E-state index contributed by atoms with van der Waals surface area (Å²) in [7, 11) is 1.69. The second-order valence-corrected chi connectivity index (χ2v) is 8.89. The third-order valence-corrected chi connectivity index (χ3v) is 6.84. The molecule has 1 aromatic carbocycles. The predicted molar refractivity (Wildman–Crippen MR) is 117 cm³/mol. The van der Waals surface area contributed by atoms with E-state index < -0.39 is 0 Å². The molecule has 1 amide bonds. The molecule has 1 fully saturated rings. The molecule has 4 rings (SSSR count). The van der Waals surface area contributed by atoms with Crippen molar-refractivity contribution in [2.45, 2.75) is 45.3 Å². The Kier molecular flexibility index (Phi) is 6.45. The van der Waals surface area contributed by atoms with Gasteiger partial charge >= 0.3 is 0 Å². The van der Waals surface area contributed by atoms with E-state index in [0.717, 1.165) is 68.3 Å². The molecule has 0 saturated carbocycles. The van der Waals surface area contributed by atoms with Gasteiger partial charge in [0.15, 0.2) is 5.69 Å². The largest absolute Gasteiger partial charge is 0.497 e. The number of aromatic nitrogens is 2. The van der Waals surface area contributed by atoms with Gasteiger partial charge in [-0.3, -0.25) is 9.48 Å². The molecule has 1 N–H and O–H groups in total. The normalized spacial score (nSPS) is 19.1. The Labute approximate surface area is 177 Å². The Balaban J connectivity index is 1.46. The number of rotatable bonds is 6. The third-order valence-electron chi connectivity index (χ3n) is 5.90. The van der Waals surface area contributed by atoms with Crippen LogP contribution in [0.15, 0.2) is 24.3 Å². The Hall–Kier alpha value is -1.99. The molecule has 2 aromatic rings. The first-order valence-corrected chi connectivity index (χ1v) is 11.7. The Morgan fingerprint density at radius 2 is 2.03 bits per heavy atom. The van der Waals surface area contributed by atoms with Crippen LogP contribution >= 0.6 is 11.8 Å². The monoisotopic (exact) mass is 414 g/mol. The van der Waals surface area contributed by atoms with Gasteiger partial charge < -0.3 is 15.0 Å². The van der Waals surface area contributed by atoms with Crippen LogP contribution in [0.25, 0.3) is 0 Å². The lowest BCUT2D eigenvalue weighted by Crippen LogP contribution is -2.39. The van der Waals surface area contributed by atoms with Gasteiger partial charge in [-0.25, -0.2) is 0 Å². The van der Waals surface area contributed by atoms with Gasteiger partial charge in [0.1, 0.15) is 5.75 Å². The number of hydrogen-bond acceptors (Lipinski definition) is 5. The van der Waals surface area contributed by atoms with Gasteiger partial charge in [0, 0.05) is 55.0 Å². The minimum absolute atomic E-state index is 0.115. The van der Waals surface area contributed by atoms with Crippen LogP contribution in [0.2, 0.25) is 0 Å². The lowest BCUT2D eigenvalue weighted by Gasteiger charge is -2.27. The van der Waals surface area contributed by atoms with Crippen molar-refractivity contribution < 1.29 is 9.53 Å². The average Bonchev–Trinajstić information content (AvgIpc) is 3.16. The molecular formula is C22H30N4O2S. The molecule has 1 aromatic heterocycles. The van der Waals surface area contributed by atoms with Crippen molar-refractivity contribution in [3.63, 3.8) is 0 Å². The zero-order valence-electron chi connectivity index (χ0n) is 17.3. The molecule has 2 aliphatic rings. The minimum atomic E-state index is 0.115. The lowest BCUT2D eigenvalue weighted by atomic mass is 9.91. The molecule has 0 radical (unpaired) electrons. The first-order valence-electron chi connectivity index (χ1n) is 10.5. The van der Waals surface area contributed by atoms with Gasteiger partial charge in [-0.2, -0.15) is 16.9 Å². The molecule has 1 aliphatic heterocycles. The van der Waals surface area contributed by atoms with Gasteiger partial charge in [-0.05, 0) is 43.9 Å². The fourth-order valence-corrected chi connectivity index (χ4v) is 5.12. The second kappa shape index (κ2) is 9.22. The first kappa shape index (κ1) is 20.3. The first-order chi connectivity index (χ1) is 14.2. The maximum atomic E-state index is 13.2. The molecule has 1 saturated heterocycles. The summed E-state index contributed by atoms with van der Waals surface area (Å²) in [6.07, 6.45) is 2.91. The van der Waals surface area contributed by atoms with E-state index in [1.54, 1.807) is 7.11 Å². The number of carbonyl (C=O) groups is 1. The molecule has 2 heterocycles. The highest BCUT2D eigenvalue weighted by Crippen LogP contribution is 2.27. The van der Waals surface area contributed by atoms with E-state index in [1.807, 2.05) is 33.5 Å². The summed E-state index contributed by atoms with van der Waals surface area (Å²) in [6, 6.07) is 8.54. The van der Waals surface area contributed by atoms with E-state index in [0.29, 0.717) is 11.7 Å². The van der Waals surface area contributed by atoms with Gasteiger partial charge in [0.2, 0.25) is 0 Å². The highest BCUT2D eigenvalue weighted by Gasteiger charge is 2.31. The number of thioether (sulfide) groups is 1. The highest BCUT2D eigenvalue weighted by molar-refractivity contribution is 7.99. The SMILES string of the molecule is CCn1nc(C(=O)N2CCSCC2)c2c1CCC(NCc1ccc(OC)cc1)C2. The van der Waals surface area contributed by atoms with Crippen LogP contribution in [-0.4, -0.2) is 58.3 Å². The number of nitrogens with one attached hydrogen (secondary N) is 1.